The van der Waals surface area contributed by atoms with Gasteiger partial charge in [0.15, 0.2) is 0 Å². The number of amides is 2. The molecule has 3 rings (SSSR count). The van der Waals surface area contributed by atoms with Gasteiger partial charge in [-0.15, -0.1) is 0 Å². The molecule has 0 spiro atoms. The third-order valence-electron chi connectivity index (χ3n) is 4.38. The van der Waals surface area contributed by atoms with Gasteiger partial charge in [-0.25, -0.2) is 4.79 Å². The summed E-state index contributed by atoms with van der Waals surface area (Å²) in [4.78, 5) is 16.3. The molecule has 0 saturated carbocycles. The molecule has 20 heavy (non-hydrogen) atoms. The molecule has 0 aliphatic carbocycles. The average Bonchev–Trinajstić information content (AvgIpc) is 3.08. The Morgan fingerprint density at radius 1 is 1.30 bits per heavy atom. The molecule has 2 saturated heterocycles. The number of urea groups is 1. The van der Waals surface area contributed by atoms with Gasteiger partial charge < -0.3 is 10.2 Å². The number of carbonyl (C=O) groups excluding carboxylic acids is 1. The molecule has 2 aliphatic heterocycles. The van der Waals surface area contributed by atoms with Crippen LogP contribution in [0.4, 0.5) is 10.5 Å². The van der Waals surface area contributed by atoms with E-state index < -0.39 is 0 Å². The number of anilines is 1. The Bertz CT molecular complexity index is 494. The van der Waals surface area contributed by atoms with E-state index in [9.17, 15) is 4.79 Å². The van der Waals surface area contributed by atoms with Crippen molar-refractivity contribution >= 4 is 11.7 Å². The molecule has 108 valence electrons. The van der Waals surface area contributed by atoms with Crippen LogP contribution in [0.25, 0.3) is 0 Å². The van der Waals surface area contributed by atoms with E-state index in [2.05, 4.69) is 37.4 Å². The average molecular weight is 273 g/mol. The van der Waals surface area contributed by atoms with Crippen molar-refractivity contribution in [2.24, 2.45) is 0 Å². The van der Waals surface area contributed by atoms with Gasteiger partial charge in [0.1, 0.15) is 0 Å². The summed E-state index contributed by atoms with van der Waals surface area (Å²) >= 11 is 0. The van der Waals surface area contributed by atoms with E-state index in [-0.39, 0.29) is 12.1 Å². The first-order valence-corrected chi connectivity index (χ1v) is 7.55. The third kappa shape index (κ3) is 2.40. The van der Waals surface area contributed by atoms with Crippen molar-refractivity contribution in [3.63, 3.8) is 0 Å². The summed E-state index contributed by atoms with van der Waals surface area (Å²) in [7, 11) is 0. The smallest absolute Gasteiger partial charge is 0.320 e. The summed E-state index contributed by atoms with van der Waals surface area (Å²) in [5.41, 5.74) is 2.39. The minimum atomic E-state index is 0.140. The molecule has 1 unspecified atom stereocenters. The number of hydrogen-bond acceptors (Lipinski definition) is 2. The summed E-state index contributed by atoms with van der Waals surface area (Å²) in [6.07, 6.45) is 1.19. The molecule has 2 fully saturated rings. The standard InChI is InChI=1S/C16H23N3O/c1-12(2)18-8-9-19(16(18)20)15-5-3-4-13(10-15)14-6-7-17-11-14/h3-5,10,12,14,17H,6-9,11H2,1-2H3. The van der Waals surface area contributed by atoms with Gasteiger partial charge in [0.2, 0.25) is 0 Å². The van der Waals surface area contributed by atoms with E-state index >= 15 is 0 Å². The van der Waals surface area contributed by atoms with Gasteiger partial charge in [-0.05, 0) is 50.4 Å². The van der Waals surface area contributed by atoms with Crippen molar-refractivity contribution in [2.45, 2.75) is 32.2 Å². The molecule has 4 nitrogen and oxygen atoms in total. The molecule has 1 N–H and O–H groups in total. The number of benzene rings is 1. The highest BCUT2D eigenvalue weighted by Gasteiger charge is 2.31. The van der Waals surface area contributed by atoms with Crippen LogP contribution in [0, 0.1) is 0 Å². The second-order valence-electron chi connectivity index (χ2n) is 6.01. The summed E-state index contributed by atoms with van der Waals surface area (Å²) in [5.74, 6) is 0.592. The molecule has 1 aromatic rings. The second kappa shape index (κ2) is 5.44. The maximum absolute atomic E-state index is 12.4. The highest BCUT2D eigenvalue weighted by Crippen LogP contribution is 2.28. The van der Waals surface area contributed by atoms with Gasteiger partial charge in [0, 0.05) is 31.4 Å². The highest BCUT2D eigenvalue weighted by atomic mass is 16.2. The highest BCUT2D eigenvalue weighted by molar-refractivity contribution is 5.94. The van der Waals surface area contributed by atoms with E-state index in [1.165, 1.54) is 12.0 Å². The van der Waals surface area contributed by atoms with Crippen molar-refractivity contribution in [3.05, 3.63) is 29.8 Å². The minimum absolute atomic E-state index is 0.140. The topological polar surface area (TPSA) is 35.6 Å². The predicted octanol–water partition coefficient (Wildman–Crippen LogP) is 2.41. The predicted molar refractivity (Wildman–Crippen MR) is 81.3 cm³/mol. The molecular weight excluding hydrogens is 250 g/mol. The quantitative estimate of drug-likeness (QED) is 0.918. The van der Waals surface area contributed by atoms with Crippen LogP contribution in [0.5, 0.6) is 0 Å². The van der Waals surface area contributed by atoms with Crippen LogP contribution < -0.4 is 10.2 Å². The van der Waals surface area contributed by atoms with Crippen LogP contribution in [0.2, 0.25) is 0 Å². The van der Waals surface area contributed by atoms with E-state index in [1.54, 1.807) is 0 Å². The fraction of sp³-hybridized carbons (Fsp3) is 0.562. The first-order valence-electron chi connectivity index (χ1n) is 7.55. The largest absolute Gasteiger partial charge is 0.324 e. The second-order valence-corrected chi connectivity index (χ2v) is 6.01. The monoisotopic (exact) mass is 273 g/mol. The lowest BCUT2D eigenvalue weighted by molar-refractivity contribution is 0.209. The Labute approximate surface area is 120 Å². The lowest BCUT2D eigenvalue weighted by atomic mass is 9.98. The molecule has 2 aliphatic rings. The van der Waals surface area contributed by atoms with Gasteiger partial charge in [0.25, 0.3) is 0 Å². The lowest BCUT2D eigenvalue weighted by Gasteiger charge is -2.22. The van der Waals surface area contributed by atoms with Gasteiger partial charge in [0.05, 0.1) is 0 Å². The molecule has 0 bridgehead atoms. The van der Waals surface area contributed by atoms with Crippen LogP contribution in [0.15, 0.2) is 24.3 Å². The van der Waals surface area contributed by atoms with E-state index in [0.717, 1.165) is 31.9 Å². The van der Waals surface area contributed by atoms with E-state index in [4.69, 9.17) is 0 Å². The molecule has 2 amide bonds. The number of rotatable bonds is 3. The number of nitrogens with zero attached hydrogens (tertiary/aromatic N) is 2. The lowest BCUT2D eigenvalue weighted by Crippen LogP contribution is -2.36. The molecule has 0 radical (unpaired) electrons. The third-order valence-corrected chi connectivity index (χ3v) is 4.38. The fourth-order valence-electron chi connectivity index (χ4n) is 3.16. The SMILES string of the molecule is CC(C)N1CCN(c2cccc(C3CCNC3)c2)C1=O. The zero-order valence-electron chi connectivity index (χ0n) is 12.3. The summed E-state index contributed by atoms with van der Waals surface area (Å²) in [6, 6.07) is 8.92. The number of hydrogen-bond donors (Lipinski definition) is 1. The summed E-state index contributed by atoms with van der Waals surface area (Å²) in [6.45, 7) is 7.91. The van der Waals surface area contributed by atoms with Crippen molar-refractivity contribution in [1.29, 1.82) is 0 Å². The molecule has 0 aromatic heterocycles. The van der Waals surface area contributed by atoms with Crippen LogP contribution in [0.3, 0.4) is 0 Å². The summed E-state index contributed by atoms with van der Waals surface area (Å²) in [5, 5.41) is 3.40. The maximum Gasteiger partial charge on any atom is 0.324 e. The first kappa shape index (κ1) is 13.4. The molecule has 4 heteroatoms. The van der Waals surface area contributed by atoms with Gasteiger partial charge in [-0.2, -0.15) is 0 Å². The molecular formula is C16H23N3O. The molecule has 2 heterocycles. The Morgan fingerprint density at radius 3 is 2.80 bits per heavy atom. The number of nitrogens with one attached hydrogen (secondary N) is 1. The van der Waals surface area contributed by atoms with Crippen molar-refractivity contribution in [3.8, 4) is 0 Å². The fourth-order valence-corrected chi connectivity index (χ4v) is 3.16. The van der Waals surface area contributed by atoms with Crippen molar-refractivity contribution in [2.75, 3.05) is 31.1 Å². The van der Waals surface area contributed by atoms with Crippen LogP contribution in [-0.4, -0.2) is 43.2 Å². The maximum atomic E-state index is 12.4. The zero-order chi connectivity index (χ0) is 14.1. The zero-order valence-corrected chi connectivity index (χ0v) is 12.3. The first-order chi connectivity index (χ1) is 9.66. The Hall–Kier alpha value is -1.55. The van der Waals surface area contributed by atoms with E-state index in [1.807, 2.05) is 15.9 Å². The van der Waals surface area contributed by atoms with Crippen molar-refractivity contribution < 1.29 is 4.79 Å². The Morgan fingerprint density at radius 2 is 2.15 bits per heavy atom. The van der Waals surface area contributed by atoms with E-state index in [0.29, 0.717) is 5.92 Å². The van der Waals surface area contributed by atoms with Crippen molar-refractivity contribution in [1.82, 2.24) is 10.2 Å². The Balaban J connectivity index is 1.80. The normalized spacial score (nSPS) is 23.1. The Kier molecular flexibility index (Phi) is 3.66. The summed E-state index contributed by atoms with van der Waals surface area (Å²) < 4.78 is 0. The minimum Gasteiger partial charge on any atom is -0.320 e. The molecule has 1 aromatic carbocycles. The molecule has 1 atom stereocenters. The van der Waals surface area contributed by atoms with Crippen LogP contribution >= 0.6 is 0 Å². The van der Waals surface area contributed by atoms with Crippen LogP contribution in [0.1, 0.15) is 31.7 Å². The van der Waals surface area contributed by atoms with Gasteiger partial charge >= 0.3 is 6.03 Å². The number of carbonyl (C=O) groups is 1. The van der Waals surface area contributed by atoms with Gasteiger partial charge in [-0.3, -0.25) is 4.90 Å². The van der Waals surface area contributed by atoms with Gasteiger partial charge in [-0.1, -0.05) is 12.1 Å². The van der Waals surface area contributed by atoms with Crippen LogP contribution in [-0.2, 0) is 0 Å².